The fourth-order valence-corrected chi connectivity index (χ4v) is 0.894. The van der Waals surface area contributed by atoms with E-state index in [2.05, 4.69) is 10.0 Å². The highest BCUT2D eigenvalue weighted by Gasteiger charge is 2.36. The van der Waals surface area contributed by atoms with Crippen LogP contribution < -0.4 is 5.32 Å². The van der Waals surface area contributed by atoms with Gasteiger partial charge in [0.1, 0.15) is 6.04 Å². The van der Waals surface area contributed by atoms with Crippen LogP contribution in [-0.4, -0.2) is 35.7 Å². The number of alkyl halides is 3. The average molecular weight is 254 g/mol. The van der Waals surface area contributed by atoms with Gasteiger partial charge >= 0.3 is 12.1 Å². The van der Waals surface area contributed by atoms with Crippen LogP contribution >= 0.6 is 0 Å². The molecule has 0 heterocycles. The molecule has 1 amide bonds. The Morgan fingerprint density at radius 1 is 1.47 bits per heavy atom. The number of carbonyl (C=O) groups excluding carboxylic acids is 1. The van der Waals surface area contributed by atoms with E-state index in [0.29, 0.717) is 0 Å². The third kappa shape index (κ3) is 7.91. The van der Waals surface area contributed by atoms with Crippen molar-refractivity contribution in [2.75, 3.05) is 6.54 Å². The number of amides is 1. The van der Waals surface area contributed by atoms with Gasteiger partial charge in [-0.1, -0.05) is 5.11 Å². The first kappa shape index (κ1) is 15.0. The second-order valence-electron chi connectivity index (χ2n) is 2.98. The van der Waals surface area contributed by atoms with Crippen molar-refractivity contribution < 1.29 is 27.9 Å². The van der Waals surface area contributed by atoms with Gasteiger partial charge in [-0.2, -0.15) is 13.2 Å². The van der Waals surface area contributed by atoms with Crippen molar-refractivity contribution in [3.05, 3.63) is 10.4 Å². The Bertz CT molecular complexity index is 338. The molecular formula is C7H9F3N4O3. The molecule has 7 nitrogen and oxygen atoms in total. The van der Waals surface area contributed by atoms with Crippen molar-refractivity contribution in [2.45, 2.75) is 25.1 Å². The molecule has 2 N–H and O–H groups in total. The van der Waals surface area contributed by atoms with Crippen molar-refractivity contribution in [3.63, 3.8) is 0 Å². The zero-order valence-corrected chi connectivity index (χ0v) is 8.44. The lowest BCUT2D eigenvalue weighted by atomic mass is 10.2. The fraction of sp³-hybridized carbons (Fsp3) is 0.714. The Balaban J connectivity index is 4.30. The number of nitrogens with zero attached hydrogens (tertiary/aromatic N) is 3. The molecule has 0 saturated carbocycles. The van der Waals surface area contributed by atoms with Gasteiger partial charge in [-0.3, -0.25) is 4.79 Å². The minimum absolute atomic E-state index is 0.249. The summed E-state index contributed by atoms with van der Waals surface area (Å²) in [4.78, 5) is 23.8. The van der Waals surface area contributed by atoms with E-state index in [1.54, 1.807) is 5.32 Å². The van der Waals surface area contributed by atoms with E-state index < -0.39 is 30.5 Å². The van der Waals surface area contributed by atoms with Crippen LogP contribution in [0.15, 0.2) is 5.11 Å². The van der Waals surface area contributed by atoms with Crippen LogP contribution in [0.5, 0.6) is 0 Å². The Morgan fingerprint density at radius 2 is 2.06 bits per heavy atom. The van der Waals surface area contributed by atoms with Crippen molar-refractivity contribution >= 4 is 11.9 Å². The molecule has 0 aromatic heterocycles. The summed E-state index contributed by atoms with van der Waals surface area (Å²) in [6, 6.07) is -2.03. The quantitative estimate of drug-likeness (QED) is 0.421. The van der Waals surface area contributed by atoms with Crippen LogP contribution in [0.1, 0.15) is 12.8 Å². The second-order valence-corrected chi connectivity index (χ2v) is 2.98. The number of carboxylic acid groups (broad SMARTS) is 1. The van der Waals surface area contributed by atoms with Crippen LogP contribution in [0.2, 0.25) is 0 Å². The molecule has 0 saturated heterocycles. The molecule has 0 fully saturated rings. The summed E-state index contributed by atoms with van der Waals surface area (Å²) < 4.78 is 35.8. The van der Waals surface area contributed by atoms with Gasteiger partial charge in [0.05, 0.1) is 6.42 Å². The summed E-state index contributed by atoms with van der Waals surface area (Å²) in [5.74, 6) is -2.70. The SMILES string of the molecule is [N-]=[N+]=NCCC(=O)NC(CC(F)(F)F)C(=O)O. The lowest BCUT2D eigenvalue weighted by molar-refractivity contribution is -0.159. The number of carbonyl (C=O) groups is 2. The highest BCUT2D eigenvalue weighted by atomic mass is 19.4. The van der Waals surface area contributed by atoms with E-state index in [-0.39, 0.29) is 13.0 Å². The average Bonchev–Trinajstić information content (AvgIpc) is 2.15. The van der Waals surface area contributed by atoms with E-state index >= 15 is 0 Å². The van der Waals surface area contributed by atoms with E-state index in [9.17, 15) is 22.8 Å². The highest BCUT2D eigenvalue weighted by Crippen LogP contribution is 2.21. The molecule has 1 atom stereocenters. The van der Waals surface area contributed by atoms with Crippen LogP contribution in [0, 0.1) is 0 Å². The second kappa shape index (κ2) is 6.59. The number of azide groups is 1. The molecule has 1 unspecified atom stereocenters. The maximum absolute atomic E-state index is 11.9. The van der Waals surface area contributed by atoms with Crippen LogP contribution in [-0.2, 0) is 9.59 Å². The standard InChI is InChI=1S/C7H9F3N4O3/c8-7(9,10)3-4(6(16)17)13-5(15)1-2-12-14-11/h4H,1-3H2,(H,13,15)(H,16,17). The normalized spacial score (nSPS) is 12.4. The van der Waals surface area contributed by atoms with Crippen LogP contribution in [0.3, 0.4) is 0 Å². The zero-order chi connectivity index (χ0) is 13.5. The van der Waals surface area contributed by atoms with E-state index in [0.717, 1.165) is 0 Å². The van der Waals surface area contributed by atoms with Gasteiger partial charge < -0.3 is 10.4 Å². The van der Waals surface area contributed by atoms with Gasteiger partial charge in [0, 0.05) is 17.9 Å². The van der Waals surface area contributed by atoms with Crippen molar-refractivity contribution in [2.24, 2.45) is 5.11 Å². The number of aliphatic carboxylic acids is 1. The molecule has 0 aliphatic carbocycles. The third-order valence-electron chi connectivity index (χ3n) is 1.57. The number of hydrogen-bond donors (Lipinski definition) is 2. The number of rotatable bonds is 6. The minimum Gasteiger partial charge on any atom is -0.480 e. The first-order valence-electron chi connectivity index (χ1n) is 4.36. The molecule has 96 valence electrons. The van der Waals surface area contributed by atoms with Gasteiger partial charge in [0.2, 0.25) is 5.91 Å². The zero-order valence-electron chi connectivity index (χ0n) is 8.44. The van der Waals surface area contributed by atoms with Crippen LogP contribution in [0.4, 0.5) is 13.2 Å². The molecule has 17 heavy (non-hydrogen) atoms. The molecule has 0 aliphatic rings. The number of halogens is 3. The van der Waals surface area contributed by atoms with Gasteiger partial charge in [-0.05, 0) is 5.53 Å². The first-order valence-corrected chi connectivity index (χ1v) is 4.36. The van der Waals surface area contributed by atoms with Gasteiger partial charge in [-0.15, -0.1) is 0 Å². The lowest BCUT2D eigenvalue weighted by Gasteiger charge is -2.15. The third-order valence-corrected chi connectivity index (χ3v) is 1.57. The minimum atomic E-state index is -4.69. The Hall–Kier alpha value is -1.96. The highest BCUT2D eigenvalue weighted by molar-refractivity contribution is 5.83. The molecule has 0 bridgehead atoms. The first-order chi connectivity index (χ1) is 7.76. The summed E-state index contributed by atoms with van der Waals surface area (Å²) in [7, 11) is 0. The fourth-order valence-electron chi connectivity index (χ4n) is 0.894. The van der Waals surface area contributed by atoms with Gasteiger partial charge in [-0.25, -0.2) is 4.79 Å². The smallest absolute Gasteiger partial charge is 0.391 e. The topological polar surface area (TPSA) is 115 Å². The van der Waals surface area contributed by atoms with E-state index in [1.807, 2.05) is 0 Å². The Morgan fingerprint density at radius 3 is 2.47 bits per heavy atom. The summed E-state index contributed by atoms with van der Waals surface area (Å²) in [6.07, 6.45) is -6.72. The number of carboxylic acids is 1. The van der Waals surface area contributed by atoms with Crippen LogP contribution in [0.25, 0.3) is 10.4 Å². The summed E-state index contributed by atoms with van der Waals surface area (Å²) in [6.45, 7) is -0.249. The molecule has 0 aromatic carbocycles. The summed E-state index contributed by atoms with van der Waals surface area (Å²) in [5.41, 5.74) is 7.89. The molecule has 0 rings (SSSR count). The molecule has 0 spiro atoms. The van der Waals surface area contributed by atoms with Crippen molar-refractivity contribution in [1.82, 2.24) is 5.32 Å². The van der Waals surface area contributed by atoms with Crippen molar-refractivity contribution in [3.8, 4) is 0 Å². The maximum atomic E-state index is 11.9. The number of nitrogens with one attached hydrogen (secondary N) is 1. The largest absolute Gasteiger partial charge is 0.480 e. The Labute approximate surface area is 93.2 Å². The molecule has 0 aromatic rings. The van der Waals surface area contributed by atoms with Crippen molar-refractivity contribution in [1.29, 1.82) is 0 Å². The van der Waals surface area contributed by atoms with Gasteiger partial charge in [0.25, 0.3) is 0 Å². The lowest BCUT2D eigenvalue weighted by Crippen LogP contribution is -2.43. The molecule has 0 radical (unpaired) electrons. The molecule has 10 heteroatoms. The number of hydrogen-bond acceptors (Lipinski definition) is 3. The van der Waals surface area contributed by atoms with E-state index in [1.165, 1.54) is 0 Å². The molecule has 0 aliphatic heterocycles. The maximum Gasteiger partial charge on any atom is 0.391 e. The van der Waals surface area contributed by atoms with E-state index in [4.69, 9.17) is 10.6 Å². The van der Waals surface area contributed by atoms with Gasteiger partial charge in [0.15, 0.2) is 0 Å². The summed E-state index contributed by atoms with van der Waals surface area (Å²) in [5, 5.41) is 13.1. The Kier molecular flexibility index (Phi) is 5.83. The predicted molar refractivity (Wildman–Crippen MR) is 48.9 cm³/mol. The molecular weight excluding hydrogens is 245 g/mol. The monoisotopic (exact) mass is 254 g/mol. The summed E-state index contributed by atoms with van der Waals surface area (Å²) >= 11 is 0. The predicted octanol–water partition coefficient (Wildman–Crippen LogP) is 1.21.